The summed E-state index contributed by atoms with van der Waals surface area (Å²) in [5, 5.41) is 0. The van der Waals surface area contributed by atoms with Crippen LogP contribution in [0.4, 0.5) is 0 Å². The summed E-state index contributed by atoms with van der Waals surface area (Å²) in [5.41, 5.74) is 6.82. The quantitative estimate of drug-likeness (QED) is 0.837. The second-order valence-corrected chi connectivity index (χ2v) is 4.94. The number of rotatable bonds is 6. The van der Waals surface area contributed by atoms with Crippen molar-refractivity contribution in [2.75, 3.05) is 32.8 Å². The van der Waals surface area contributed by atoms with Gasteiger partial charge in [-0.25, -0.2) is 0 Å². The predicted octanol–water partition coefficient (Wildman–Crippen LogP) is 2.05. The molecule has 2 N–H and O–H groups in total. The fraction of sp³-hybridized carbons (Fsp3) is 0.600. The maximum atomic E-state index is 5.81. The van der Waals surface area contributed by atoms with E-state index in [4.69, 9.17) is 10.5 Å². The minimum atomic E-state index is 0.692. The van der Waals surface area contributed by atoms with Gasteiger partial charge in [0.2, 0.25) is 0 Å². The maximum absolute atomic E-state index is 5.81. The van der Waals surface area contributed by atoms with Crippen LogP contribution < -0.4 is 10.5 Å². The summed E-state index contributed by atoms with van der Waals surface area (Å²) in [6, 6.07) is 8.27. The molecule has 0 spiro atoms. The van der Waals surface area contributed by atoms with Gasteiger partial charge in [0.05, 0.1) is 0 Å². The first-order chi connectivity index (χ1) is 8.88. The van der Waals surface area contributed by atoms with Gasteiger partial charge in [-0.2, -0.15) is 0 Å². The molecule has 0 radical (unpaired) electrons. The lowest BCUT2D eigenvalue weighted by Crippen LogP contribution is -2.33. The van der Waals surface area contributed by atoms with E-state index in [1.165, 1.54) is 37.9 Å². The van der Waals surface area contributed by atoms with Crippen molar-refractivity contribution in [1.82, 2.24) is 4.90 Å². The predicted molar refractivity (Wildman–Crippen MR) is 75.0 cm³/mol. The van der Waals surface area contributed by atoms with Crippen molar-refractivity contribution in [3.63, 3.8) is 0 Å². The molecule has 1 aromatic rings. The summed E-state index contributed by atoms with van der Waals surface area (Å²) in [6.07, 6.45) is 4.99. The van der Waals surface area contributed by atoms with E-state index in [2.05, 4.69) is 17.0 Å². The molecule has 2 rings (SSSR count). The Kier molecular flexibility index (Phi) is 5.49. The number of benzene rings is 1. The Morgan fingerprint density at radius 1 is 1.17 bits per heavy atom. The Bertz CT molecular complexity index is 348. The fourth-order valence-electron chi connectivity index (χ4n) is 2.43. The monoisotopic (exact) mass is 248 g/mol. The number of ether oxygens (including phenoxy) is 1. The van der Waals surface area contributed by atoms with Crippen molar-refractivity contribution >= 4 is 0 Å². The summed E-state index contributed by atoms with van der Waals surface area (Å²) in [7, 11) is 0. The SMILES string of the molecule is NCCc1cccc(OCCN2CCCCC2)c1. The molecule has 18 heavy (non-hydrogen) atoms. The number of piperidine rings is 1. The smallest absolute Gasteiger partial charge is 0.119 e. The van der Waals surface area contributed by atoms with Crippen molar-refractivity contribution in [2.24, 2.45) is 5.73 Å². The van der Waals surface area contributed by atoms with Crippen LogP contribution in [0.3, 0.4) is 0 Å². The van der Waals surface area contributed by atoms with Crippen LogP contribution in [0.5, 0.6) is 5.75 Å². The molecule has 0 atom stereocenters. The second-order valence-electron chi connectivity index (χ2n) is 4.94. The summed E-state index contributed by atoms with van der Waals surface area (Å²) < 4.78 is 5.81. The molecule has 0 unspecified atom stereocenters. The number of likely N-dealkylation sites (tertiary alicyclic amines) is 1. The molecule has 3 heteroatoms. The number of nitrogens with two attached hydrogens (primary N) is 1. The molecule has 1 fully saturated rings. The van der Waals surface area contributed by atoms with Gasteiger partial charge in [0.25, 0.3) is 0 Å². The molecule has 3 nitrogen and oxygen atoms in total. The molecule has 0 aliphatic carbocycles. The third kappa shape index (κ3) is 4.31. The first-order valence-electron chi connectivity index (χ1n) is 7.02. The van der Waals surface area contributed by atoms with Crippen LogP contribution in [0, 0.1) is 0 Å². The first kappa shape index (κ1) is 13.4. The van der Waals surface area contributed by atoms with Crippen LogP contribution in [0.25, 0.3) is 0 Å². The molecule has 1 heterocycles. The zero-order chi connectivity index (χ0) is 12.6. The number of hydrogen-bond donors (Lipinski definition) is 1. The standard InChI is InChI=1S/C15H24N2O/c16-8-7-14-5-4-6-15(13-14)18-12-11-17-9-2-1-3-10-17/h4-6,13H,1-3,7-12,16H2. The van der Waals surface area contributed by atoms with Crippen LogP contribution in [-0.4, -0.2) is 37.7 Å². The highest BCUT2D eigenvalue weighted by Crippen LogP contribution is 2.14. The highest BCUT2D eigenvalue weighted by Gasteiger charge is 2.09. The van der Waals surface area contributed by atoms with Crippen molar-refractivity contribution < 1.29 is 4.74 Å². The average Bonchev–Trinajstić information content (AvgIpc) is 2.41. The van der Waals surface area contributed by atoms with E-state index in [0.717, 1.165) is 25.3 Å². The molecule has 0 bridgehead atoms. The van der Waals surface area contributed by atoms with Crippen LogP contribution in [-0.2, 0) is 6.42 Å². The van der Waals surface area contributed by atoms with Crippen LogP contribution in [0.1, 0.15) is 24.8 Å². The van der Waals surface area contributed by atoms with Crippen molar-refractivity contribution in [1.29, 1.82) is 0 Å². The Morgan fingerprint density at radius 2 is 2.00 bits per heavy atom. The minimum absolute atomic E-state index is 0.692. The zero-order valence-corrected chi connectivity index (χ0v) is 11.1. The second kappa shape index (κ2) is 7.39. The lowest BCUT2D eigenvalue weighted by Gasteiger charge is -2.26. The van der Waals surface area contributed by atoms with Crippen LogP contribution in [0.2, 0.25) is 0 Å². The molecule has 0 aromatic heterocycles. The lowest BCUT2D eigenvalue weighted by molar-refractivity contribution is 0.183. The van der Waals surface area contributed by atoms with Crippen LogP contribution >= 0.6 is 0 Å². The number of hydrogen-bond acceptors (Lipinski definition) is 3. The van der Waals surface area contributed by atoms with E-state index in [1.807, 2.05) is 12.1 Å². The molecule has 1 aromatic carbocycles. The van der Waals surface area contributed by atoms with Gasteiger partial charge in [0, 0.05) is 6.54 Å². The van der Waals surface area contributed by atoms with Gasteiger partial charge in [0.15, 0.2) is 0 Å². The van der Waals surface area contributed by atoms with E-state index in [0.29, 0.717) is 6.54 Å². The highest BCUT2D eigenvalue weighted by atomic mass is 16.5. The van der Waals surface area contributed by atoms with E-state index < -0.39 is 0 Å². The fourth-order valence-corrected chi connectivity index (χ4v) is 2.43. The van der Waals surface area contributed by atoms with E-state index in [9.17, 15) is 0 Å². The van der Waals surface area contributed by atoms with E-state index in [-0.39, 0.29) is 0 Å². The van der Waals surface area contributed by atoms with Gasteiger partial charge in [0.1, 0.15) is 12.4 Å². The Morgan fingerprint density at radius 3 is 2.78 bits per heavy atom. The summed E-state index contributed by atoms with van der Waals surface area (Å²) in [6.45, 7) is 4.98. The summed E-state index contributed by atoms with van der Waals surface area (Å²) in [4.78, 5) is 2.49. The molecular formula is C15H24N2O. The third-order valence-electron chi connectivity index (χ3n) is 3.46. The van der Waals surface area contributed by atoms with E-state index >= 15 is 0 Å². The van der Waals surface area contributed by atoms with Crippen LogP contribution in [0.15, 0.2) is 24.3 Å². The van der Waals surface area contributed by atoms with Gasteiger partial charge < -0.3 is 10.5 Å². The first-order valence-corrected chi connectivity index (χ1v) is 7.02. The summed E-state index contributed by atoms with van der Waals surface area (Å²) in [5.74, 6) is 0.970. The third-order valence-corrected chi connectivity index (χ3v) is 3.46. The Labute approximate surface area is 110 Å². The van der Waals surface area contributed by atoms with Gasteiger partial charge >= 0.3 is 0 Å². The topological polar surface area (TPSA) is 38.5 Å². The zero-order valence-electron chi connectivity index (χ0n) is 11.1. The lowest BCUT2D eigenvalue weighted by atomic mass is 10.1. The Balaban J connectivity index is 1.73. The molecular weight excluding hydrogens is 224 g/mol. The van der Waals surface area contributed by atoms with Gasteiger partial charge in [-0.05, 0) is 56.6 Å². The van der Waals surface area contributed by atoms with E-state index in [1.54, 1.807) is 0 Å². The molecule has 1 saturated heterocycles. The van der Waals surface area contributed by atoms with Gasteiger partial charge in [-0.3, -0.25) is 4.90 Å². The molecule has 0 amide bonds. The largest absolute Gasteiger partial charge is 0.492 e. The Hall–Kier alpha value is -1.06. The van der Waals surface area contributed by atoms with Crippen molar-refractivity contribution in [3.8, 4) is 5.75 Å². The average molecular weight is 248 g/mol. The normalized spacial score (nSPS) is 16.7. The number of nitrogens with zero attached hydrogens (tertiary/aromatic N) is 1. The molecule has 0 saturated carbocycles. The summed E-state index contributed by atoms with van der Waals surface area (Å²) >= 11 is 0. The highest BCUT2D eigenvalue weighted by molar-refractivity contribution is 5.28. The maximum Gasteiger partial charge on any atom is 0.119 e. The minimum Gasteiger partial charge on any atom is -0.492 e. The van der Waals surface area contributed by atoms with Gasteiger partial charge in [-0.1, -0.05) is 18.6 Å². The van der Waals surface area contributed by atoms with Crippen molar-refractivity contribution in [3.05, 3.63) is 29.8 Å². The van der Waals surface area contributed by atoms with Gasteiger partial charge in [-0.15, -0.1) is 0 Å². The molecule has 1 aliphatic heterocycles. The molecule has 1 aliphatic rings. The van der Waals surface area contributed by atoms with Crippen molar-refractivity contribution in [2.45, 2.75) is 25.7 Å². The molecule has 100 valence electrons.